The van der Waals surface area contributed by atoms with E-state index in [0.717, 1.165) is 38.5 Å². The SMILES string of the molecule is CCC1CCCN(CCC2OCCCO2)C1. The third-order valence-corrected chi connectivity index (χ3v) is 3.76. The Kier molecular flexibility index (Phi) is 5.07. The maximum Gasteiger partial charge on any atom is 0.158 e. The number of likely N-dealkylation sites (tertiary alicyclic amines) is 1. The third-order valence-electron chi connectivity index (χ3n) is 3.76. The average Bonchev–Trinajstić information content (AvgIpc) is 2.38. The van der Waals surface area contributed by atoms with Gasteiger partial charge in [-0.25, -0.2) is 0 Å². The van der Waals surface area contributed by atoms with E-state index in [-0.39, 0.29) is 6.29 Å². The largest absolute Gasteiger partial charge is 0.353 e. The molecule has 0 aromatic heterocycles. The van der Waals surface area contributed by atoms with Crippen molar-refractivity contribution in [1.82, 2.24) is 4.90 Å². The van der Waals surface area contributed by atoms with Crippen molar-refractivity contribution in [2.45, 2.75) is 45.3 Å². The average molecular weight is 227 g/mol. The Bertz CT molecular complexity index is 192. The molecule has 2 rings (SSSR count). The highest BCUT2D eigenvalue weighted by Gasteiger charge is 2.20. The van der Waals surface area contributed by atoms with Gasteiger partial charge < -0.3 is 14.4 Å². The summed E-state index contributed by atoms with van der Waals surface area (Å²) < 4.78 is 11.1. The predicted octanol–water partition coefficient (Wildman–Crippen LogP) is 2.26. The second-order valence-electron chi connectivity index (χ2n) is 5.03. The fourth-order valence-electron chi connectivity index (χ4n) is 2.68. The van der Waals surface area contributed by atoms with Crippen molar-refractivity contribution >= 4 is 0 Å². The van der Waals surface area contributed by atoms with Gasteiger partial charge in [0, 0.05) is 19.5 Å². The molecule has 2 aliphatic heterocycles. The first-order valence-electron chi connectivity index (χ1n) is 6.84. The van der Waals surface area contributed by atoms with E-state index in [1.165, 1.54) is 32.4 Å². The molecule has 0 aliphatic carbocycles. The van der Waals surface area contributed by atoms with Gasteiger partial charge in [-0.05, 0) is 31.7 Å². The summed E-state index contributed by atoms with van der Waals surface area (Å²) in [4.78, 5) is 2.58. The van der Waals surface area contributed by atoms with Crippen LogP contribution in [-0.4, -0.2) is 44.0 Å². The second-order valence-corrected chi connectivity index (χ2v) is 5.03. The van der Waals surface area contributed by atoms with Crippen LogP contribution in [0.25, 0.3) is 0 Å². The number of nitrogens with zero attached hydrogens (tertiary/aromatic N) is 1. The molecule has 0 radical (unpaired) electrons. The molecule has 3 nitrogen and oxygen atoms in total. The highest BCUT2D eigenvalue weighted by Crippen LogP contribution is 2.20. The first kappa shape index (κ1) is 12.3. The molecule has 2 fully saturated rings. The number of ether oxygens (including phenoxy) is 2. The zero-order valence-electron chi connectivity index (χ0n) is 10.5. The lowest BCUT2D eigenvalue weighted by molar-refractivity contribution is -0.183. The summed E-state index contributed by atoms with van der Waals surface area (Å²) >= 11 is 0. The van der Waals surface area contributed by atoms with Gasteiger partial charge in [0.1, 0.15) is 0 Å². The van der Waals surface area contributed by atoms with E-state index >= 15 is 0 Å². The minimum absolute atomic E-state index is 0.0655. The van der Waals surface area contributed by atoms with Crippen LogP contribution < -0.4 is 0 Å². The Morgan fingerprint density at radius 1 is 1.19 bits per heavy atom. The van der Waals surface area contributed by atoms with Crippen LogP contribution >= 0.6 is 0 Å². The van der Waals surface area contributed by atoms with Crippen LogP contribution in [0.4, 0.5) is 0 Å². The Labute approximate surface area is 99.1 Å². The van der Waals surface area contributed by atoms with Gasteiger partial charge in [-0.15, -0.1) is 0 Å². The molecule has 0 saturated carbocycles. The summed E-state index contributed by atoms with van der Waals surface area (Å²) in [5.74, 6) is 0.918. The lowest BCUT2D eigenvalue weighted by Crippen LogP contribution is -2.38. The molecule has 2 heterocycles. The molecule has 2 saturated heterocycles. The molecule has 16 heavy (non-hydrogen) atoms. The molecule has 0 amide bonds. The Hall–Kier alpha value is -0.120. The summed E-state index contributed by atoms with van der Waals surface area (Å²) in [6.07, 6.45) is 6.27. The summed E-state index contributed by atoms with van der Waals surface area (Å²) in [7, 11) is 0. The van der Waals surface area contributed by atoms with Crippen molar-refractivity contribution < 1.29 is 9.47 Å². The molecular formula is C13H25NO2. The third kappa shape index (κ3) is 3.72. The Balaban J connectivity index is 1.64. The highest BCUT2D eigenvalue weighted by atomic mass is 16.7. The molecule has 2 aliphatic rings. The molecule has 0 bridgehead atoms. The maximum absolute atomic E-state index is 5.57. The van der Waals surface area contributed by atoms with Gasteiger partial charge in [-0.2, -0.15) is 0 Å². The molecule has 1 atom stereocenters. The quantitative estimate of drug-likeness (QED) is 0.735. The fourth-order valence-corrected chi connectivity index (χ4v) is 2.68. The minimum atomic E-state index is 0.0655. The molecule has 94 valence electrons. The van der Waals surface area contributed by atoms with Crippen molar-refractivity contribution in [3.05, 3.63) is 0 Å². The first-order chi connectivity index (χ1) is 7.88. The van der Waals surface area contributed by atoms with E-state index in [4.69, 9.17) is 9.47 Å². The van der Waals surface area contributed by atoms with Gasteiger partial charge in [0.2, 0.25) is 0 Å². The Morgan fingerprint density at radius 2 is 2.00 bits per heavy atom. The topological polar surface area (TPSA) is 21.7 Å². The standard InChI is InChI=1S/C13H25NO2/c1-2-12-5-3-7-14(11-12)8-6-13-15-9-4-10-16-13/h12-13H,2-11H2,1H3. The van der Waals surface area contributed by atoms with Crippen LogP contribution in [0.15, 0.2) is 0 Å². The predicted molar refractivity (Wildman–Crippen MR) is 64.4 cm³/mol. The van der Waals surface area contributed by atoms with Gasteiger partial charge in [0.05, 0.1) is 13.2 Å². The van der Waals surface area contributed by atoms with Crippen LogP contribution in [0.3, 0.4) is 0 Å². The van der Waals surface area contributed by atoms with Crippen LogP contribution in [0.5, 0.6) is 0 Å². The molecule has 0 spiro atoms. The summed E-state index contributed by atoms with van der Waals surface area (Å²) in [5, 5.41) is 0. The van der Waals surface area contributed by atoms with E-state index in [9.17, 15) is 0 Å². The molecule has 3 heteroatoms. The van der Waals surface area contributed by atoms with Crippen LogP contribution in [0.1, 0.15) is 39.0 Å². The Morgan fingerprint density at radius 3 is 2.75 bits per heavy atom. The smallest absolute Gasteiger partial charge is 0.158 e. The number of hydrogen-bond donors (Lipinski definition) is 0. The zero-order chi connectivity index (χ0) is 11.2. The van der Waals surface area contributed by atoms with Crippen LogP contribution in [-0.2, 0) is 9.47 Å². The number of rotatable bonds is 4. The van der Waals surface area contributed by atoms with Gasteiger partial charge in [-0.1, -0.05) is 13.3 Å². The molecular weight excluding hydrogens is 202 g/mol. The van der Waals surface area contributed by atoms with Crippen LogP contribution in [0.2, 0.25) is 0 Å². The van der Waals surface area contributed by atoms with E-state index in [0.29, 0.717) is 0 Å². The normalized spacial score (nSPS) is 29.4. The van der Waals surface area contributed by atoms with Gasteiger partial charge >= 0.3 is 0 Å². The molecule has 0 N–H and O–H groups in total. The highest BCUT2D eigenvalue weighted by molar-refractivity contribution is 4.72. The monoisotopic (exact) mass is 227 g/mol. The number of hydrogen-bond acceptors (Lipinski definition) is 3. The lowest BCUT2D eigenvalue weighted by Gasteiger charge is -2.33. The fraction of sp³-hybridized carbons (Fsp3) is 1.00. The molecule has 0 aromatic carbocycles. The van der Waals surface area contributed by atoms with Crippen molar-refractivity contribution in [2.24, 2.45) is 5.92 Å². The van der Waals surface area contributed by atoms with E-state index < -0.39 is 0 Å². The first-order valence-corrected chi connectivity index (χ1v) is 6.84. The number of piperidine rings is 1. The van der Waals surface area contributed by atoms with Crippen molar-refractivity contribution in [3.63, 3.8) is 0 Å². The van der Waals surface area contributed by atoms with Gasteiger partial charge in [-0.3, -0.25) is 0 Å². The lowest BCUT2D eigenvalue weighted by atomic mass is 9.95. The van der Waals surface area contributed by atoms with Gasteiger partial charge in [0.25, 0.3) is 0 Å². The molecule has 1 unspecified atom stereocenters. The van der Waals surface area contributed by atoms with E-state index in [1.807, 2.05) is 0 Å². The van der Waals surface area contributed by atoms with Crippen molar-refractivity contribution in [2.75, 3.05) is 32.8 Å². The van der Waals surface area contributed by atoms with E-state index in [1.54, 1.807) is 0 Å². The molecule has 0 aromatic rings. The summed E-state index contributed by atoms with van der Waals surface area (Å²) in [6.45, 7) is 7.75. The minimum Gasteiger partial charge on any atom is -0.353 e. The summed E-state index contributed by atoms with van der Waals surface area (Å²) in [6, 6.07) is 0. The second kappa shape index (κ2) is 6.58. The summed E-state index contributed by atoms with van der Waals surface area (Å²) in [5.41, 5.74) is 0. The zero-order valence-corrected chi connectivity index (χ0v) is 10.5. The van der Waals surface area contributed by atoms with Crippen molar-refractivity contribution in [1.29, 1.82) is 0 Å². The van der Waals surface area contributed by atoms with Crippen LogP contribution in [0, 0.1) is 5.92 Å². The van der Waals surface area contributed by atoms with Gasteiger partial charge in [0.15, 0.2) is 6.29 Å². The van der Waals surface area contributed by atoms with Crippen molar-refractivity contribution in [3.8, 4) is 0 Å². The maximum atomic E-state index is 5.57. The van der Waals surface area contributed by atoms with E-state index in [2.05, 4.69) is 11.8 Å².